The number of benzene rings is 2. The molecule has 168 valence electrons. The van der Waals surface area contributed by atoms with Crippen LogP contribution < -0.4 is 10.2 Å². The Morgan fingerprint density at radius 3 is 2.31 bits per heavy atom. The summed E-state index contributed by atoms with van der Waals surface area (Å²) in [4.78, 5) is 40.7. The maximum Gasteiger partial charge on any atom is 0.254 e. The van der Waals surface area contributed by atoms with E-state index in [1.807, 2.05) is 43.0 Å². The molecule has 2 aromatic carbocycles. The molecule has 1 fully saturated rings. The number of carbonyl (C=O) groups is 3. The van der Waals surface area contributed by atoms with Crippen molar-refractivity contribution in [2.45, 2.75) is 45.9 Å². The molecule has 2 aliphatic heterocycles. The highest BCUT2D eigenvalue weighted by atomic mass is 16.5. The van der Waals surface area contributed by atoms with Gasteiger partial charge in [-0.1, -0.05) is 12.1 Å². The number of nitrogens with one attached hydrogen (secondary N) is 1. The van der Waals surface area contributed by atoms with Gasteiger partial charge in [0.25, 0.3) is 11.8 Å². The summed E-state index contributed by atoms with van der Waals surface area (Å²) >= 11 is 0. The summed E-state index contributed by atoms with van der Waals surface area (Å²) in [7, 11) is 0. The van der Waals surface area contributed by atoms with Gasteiger partial charge in [-0.05, 0) is 61.7 Å². The van der Waals surface area contributed by atoms with Crippen LogP contribution in [0.4, 0.5) is 5.69 Å². The molecule has 7 nitrogen and oxygen atoms in total. The number of ether oxygens (including phenoxy) is 1. The normalized spacial score (nSPS) is 20.1. The predicted molar refractivity (Wildman–Crippen MR) is 122 cm³/mol. The van der Waals surface area contributed by atoms with Gasteiger partial charge in [0.2, 0.25) is 5.91 Å². The molecule has 1 N–H and O–H groups in total. The largest absolute Gasteiger partial charge is 0.372 e. The van der Waals surface area contributed by atoms with E-state index in [-0.39, 0.29) is 29.9 Å². The average Bonchev–Trinajstić information content (AvgIpc) is 3.20. The van der Waals surface area contributed by atoms with Gasteiger partial charge in [-0.2, -0.15) is 0 Å². The van der Waals surface area contributed by atoms with Crippen molar-refractivity contribution in [1.29, 1.82) is 0 Å². The standard InChI is InChI=1S/C25H29N3O4/c1-16-14-27(15-17(2)32-16)25(31)20-6-4-19(5-7-20)13-26-24(30)22-8-9-23-21(12-22)10-11-28(23)18(3)29/h4-9,12,16-17H,10-11,13-15H2,1-3H3,(H,26,30). The Balaban J connectivity index is 1.35. The quantitative estimate of drug-likeness (QED) is 0.801. The fourth-order valence-corrected chi connectivity index (χ4v) is 4.45. The molecule has 0 aliphatic carbocycles. The molecule has 2 atom stereocenters. The third-order valence-corrected chi connectivity index (χ3v) is 5.98. The van der Waals surface area contributed by atoms with Crippen LogP contribution >= 0.6 is 0 Å². The van der Waals surface area contributed by atoms with Crippen molar-refractivity contribution < 1.29 is 19.1 Å². The number of carbonyl (C=O) groups excluding carboxylic acids is 3. The number of rotatable bonds is 4. The summed E-state index contributed by atoms with van der Waals surface area (Å²) in [5.41, 5.74) is 4.04. The molecule has 32 heavy (non-hydrogen) atoms. The van der Waals surface area contributed by atoms with Crippen molar-refractivity contribution in [3.8, 4) is 0 Å². The highest BCUT2D eigenvalue weighted by Gasteiger charge is 2.26. The third kappa shape index (κ3) is 4.67. The molecule has 0 saturated carbocycles. The maximum atomic E-state index is 12.8. The fraction of sp³-hybridized carbons (Fsp3) is 0.400. The van der Waals surface area contributed by atoms with Crippen molar-refractivity contribution in [3.63, 3.8) is 0 Å². The van der Waals surface area contributed by atoms with Crippen molar-refractivity contribution in [1.82, 2.24) is 10.2 Å². The van der Waals surface area contributed by atoms with E-state index < -0.39 is 0 Å². The number of nitrogens with zero attached hydrogens (tertiary/aromatic N) is 2. The van der Waals surface area contributed by atoms with Crippen LogP contribution in [-0.2, 0) is 22.5 Å². The number of amides is 3. The zero-order chi connectivity index (χ0) is 22.8. The van der Waals surface area contributed by atoms with Gasteiger partial charge in [-0.25, -0.2) is 0 Å². The number of hydrogen-bond acceptors (Lipinski definition) is 4. The molecule has 4 rings (SSSR count). The van der Waals surface area contributed by atoms with Crippen LogP contribution in [-0.4, -0.2) is 54.5 Å². The molecule has 2 aromatic rings. The summed E-state index contributed by atoms with van der Waals surface area (Å²) in [6.07, 6.45) is 0.815. The molecule has 2 aliphatic rings. The third-order valence-electron chi connectivity index (χ3n) is 5.98. The van der Waals surface area contributed by atoms with E-state index in [9.17, 15) is 14.4 Å². The van der Waals surface area contributed by atoms with Gasteiger partial charge < -0.3 is 19.9 Å². The lowest BCUT2D eigenvalue weighted by Crippen LogP contribution is -2.48. The number of anilines is 1. The summed E-state index contributed by atoms with van der Waals surface area (Å²) in [5.74, 6) is -0.147. The minimum absolute atomic E-state index is 0.000307. The van der Waals surface area contributed by atoms with Crippen molar-refractivity contribution >= 4 is 23.4 Å². The highest BCUT2D eigenvalue weighted by molar-refractivity contribution is 5.98. The first-order chi connectivity index (χ1) is 15.3. The molecule has 2 unspecified atom stereocenters. The zero-order valence-electron chi connectivity index (χ0n) is 18.8. The summed E-state index contributed by atoms with van der Waals surface area (Å²) in [6.45, 7) is 7.71. The van der Waals surface area contributed by atoms with Crippen LogP contribution in [0, 0.1) is 0 Å². The van der Waals surface area contributed by atoms with Crippen LogP contribution in [0.25, 0.3) is 0 Å². The minimum Gasteiger partial charge on any atom is -0.372 e. The van der Waals surface area contributed by atoms with E-state index in [1.54, 1.807) is 30.0 Å². The minimum atomic E-state index is -0.162. The van der Waals surface area contributed by atoms with E-state index in [0.29, 0.717) is 37.3 Å². The number of morpholine rings is 1. The van der Waals surface area contributed by atoms with Gasteiger partial charge >= 0.3 is 0 Å². The van der Waals surface area contributed by atoms with Gasteiger partial charge in [0.15, 0.2) is 0 Å². The second-order valence-electron chi connectivity index (χ2n) is 8.61. The molecular weight excluding hydrogens is 406 g/mol. The average molecular weight is 436 g/mol. The fourth-order valence-electron chi connectivity index (χ4n) is 4.45. The SMILES string of the molecule is CC(=O)N1CCc2cc(C(=O)NCc3ccc(C(=O)N4CC(C)OC(C)C4)cc3)ccc21. The molecule has 3 amide bonds. The molecule has 0 aromatic heterocycles. The van der Waals surface area contributed by atoms with E-state index in [4.69, 9.17) is 4.74 Å². The molecule has 0 spiro atoms. The Kier molecular flexibility index (Phi) is 6.28. The number of hydrogen-bond donors (Lipinski definition) is 1. The Bertz CT molecular complexity index is 1020. The molecular formula is C25H29N3O4. The summed E-state index contributed by atoms with van der Waals surface area (Å²) in [6, 6.07) is 12.8. The predicted octanol–water partition coefficient (Wildman–Crippen LogP) is 2.78. The van der Waals surface area contributed by atoms with Gasteiger partial charge in [-0.3, -0.25) is 14.4 Å². The van der Waals surface area contributed by atoms with Crippen LogP contribution in [0.3, 0.4) is 0 Å². The van der Waals surface area contributed by atoms with Crippen molar-refractivity contribution in [2.24, 2.45) is 0 Å². The van der Waals surface area contributed by atoms with Crippen LogP contribution in [0.1, 0.15) is 52.6 Å². The Labute approximate surface area is 188 Å². The monoisotopic (exact) mass is 435 g/mol. The summed E-state index contributed by atoms with van der Waals surface area (Å²) < 4.78 is 5.70. The first-order valence-corrected chi connectivity index (χ1v) is 11.0. The second kappa shape index (κ2) is 9.12. The van der Waals surface area contributed by atoms with Crippen molar-refractivity contribution in [2.75, 3.05) is 24.5 Å². The topological polar surface area (TPSA) is 79.0 Å². The molecule has 7 heteroatoms. The van der Waals surface area contributed by atoms with Gasteiger partial charge in [0, 0.05) is 49.9 Å². The zero-order valence-corrected chi connectivity index (χ0v) is 18.8. The highest BCUT2D eigenvalue weighted by Crippen LogP contribution is 2.29. The lowest BCUT2D eigenvalue weighted by molar-refractivity contribution is -0.116. The lowest BCUT2D eigenvalue weighted by atomic mass is 10.1. The first kappa shape index (κ1) is 22.0. The smallest absolute Gasteiger partial charge is 0.254 e. The van der Waals surface area contributed by atoms with Crippen LogP contribution in [0.2, 0.25) is 0 Å². The first-order valence-electron chi connectivity index (χ1n) is 11.0. The maximum absolute atomic E-state index is 12.8. The Morgan fingerprint density at radius 2 is 1.66 bits per heavy atom. The van der Waals surface area contributed by atoms with E-state index >= 15 is 0 Å². The second-order valence-corrected chi connectivity index (χ2v) is 8.61. The molecule has 0 bridgehead atoms. The van der Waals surface area contributed by atoms with E-state index in [0.717, 1.165) is 23.2 Å². The summed E-state index contributed by atoms with van der Waals surface area (Å²) in [5, 5.41) is 2.93. The van der Waals surface area contributed by atoms with E-state index in [1.165, 1.54) is 0 Å². The molecule has 0 radical (unpaired) electrons. The molecule has 2 heterocycles. The Hall–Kier alpha value is -3.19. The lowest BCUT2D eigenvalue weighted by Gasteiger charge is -2.35. The Morgan fingerprint density at radius 1 is 1.00 bits per heavy atom. The van der Waals surface area contributed by atoms with Crippen LogP contribution in [0.5, 0.6) is 0 Å². The van der Waals surface area contributed by atoms with Crippen LogP contribution in [0.15, 0.2) is 42.5 Å². The number of fused-ring (bicyclic) bond motifs is 1. The van der Waals surface area contributed by atoms with Gasteiger partial charge in [0.1, 0.15) is 0 Å². The molecule has 1 saturated heterocycles. The van der Waals surface area contributed by atoms with Crippen molar-refractivity contribution in [3.05, 3.63) is 64.7 Å². The van der Waals surface area contributed by atoms with Gasteiger partial charge in [0.05, 0.1) is 12.2 Å². The van der Waals surface area contributed by atoms with Gasteiger partial charge in [-0.15, -0.1) is 0 Å². The van der Waals surface area contributed by atoms with E-state index in [2.05, 4.69) is 5.32 Å².